The summed E-state index contributed by atoms with van der Waals surface area (Å²) in [6.07, 6.45) is 1.88. The number of nitrogens with one attached hydrogen (secondary N) is 1. The van der Waals surface area contributed by atoms with E-state index in [1.807, 2.05) is 49.6 Å². The molecule has 0 aliphatic heterocycles. The van der Waals surface area contributed by atoms with E-state index in [1.165, 1.54) is 0 Å². The van der Waals surface area contributed by atoms with Crippen LogP contribution in [0, 0.1) is 5.41 Å². The lowest BCUT2D eigenvalue weighted by Crippen LogP contribution is -2.39. The summed E-state index contributed by atoms with van der Waals surface area (Å²) in [5.41, 5.74) is 0.159. The van der Waals surface area contributed by atoms with E-state index < -0.39 is 5.41 Å². The molecular formula is C13H17ClN4O. The van der Waals surface area contributed by atoms with Crippen LogP contribution in [0.3, 0.4) is 0 Å². The number of carbonyl (C=O) groups excluding carboxylic acids is 1. The summed E-state index contributed by atoms with van der Waals surface area (Å²) in [5.74, 6) is 0.878. The van der Waals surface area contributed by atoms with E-state index in [4.69, 9.17) is 11.6 Å². The lowest BCUT2D eigenvalue weighted by Gasteiger charge is -2.23. The molecule has 2 rings (SSSR count). The zero-order valence-electron chi connectivity index (χ0n) is 11.2. The first-order valence-corrected chi connectivity index (χ1v) is 6.66. The molecule has 1 atom stereocenters. The Morgan fingerprint density at radius 3 is 2.89 bits per heavy atom. The second-order valence-electron chi connectivity index (χ2n) is 5.20. The molecule has 1 N–H and O–H groups in total. The van der Waals surface area contributed by atoms with Crippen LogP contribution >= 0.6 is 11.6 Å². The summed E-state index contributed by atoms with van der Waals surface area (Å²) in [4.78, 5) is 12.1. The van der Waals surface area contributed by atoms with E-state index in [0.29, 0.717) is 5.82 Å². The number of hydrogen-bond donors (Lipinski definition) is 1. The van der Waals surface area contributed by atoms with Crippen molar-refractivity contribution in [3.05, 3.63) is 30.2 Å². The second-order valence-corrected chi connectivity index (χ2v) is 5.47. The maximum absolute atomic E-state index is 12.1. The number of halogens is 1. The molecule has 1 unspecified atom stereocenters. The van der Waals surface area contributed by atoms with Gasteiger partial charge < -0.3 is 5.32 Å². The van der Waals surface area contributed by atoms with Crippen molar-refractivity contribution in [1.29, 1.82) is 0 Å². The Labute approximate surface area is 117 Å². The topological polar surface area (TPSA) is 59.3 Å². The Bertz CT molecular complexity index is 593. The van der Waals surface area contributed by atoms with Gasteiger partial charge in [0.05, 0.1) is 11.5 Å². The summed E-state index contributed by atoms with van der Waals surface area (Å²) in [7, 11) is 0. The summed E-state index contributed by atoms with van der Waals surface area (Å²) in [5, 5.41) is 11.1. The molecule has 0 saturated carbocycles. The number of amides is 1. The zero-order chi connectivity index (χ0) is 14.0. The zero-order valence-corrected chi connectivity index (χ0v) is 12.0. The summed E-state index contributed by atoms with van der Waals surface area (Å²) in [6.45, 7) is 5.50. The fourth-order valence-corrected chi connectivity index (χ4v) is 1.79. The van der Waals surface area contributed by atoms with Crippen molar-refractivity contribution in [3.63, 3.8) is 0 Å². The fraction of sp³-hybridized carbons (Fsp3) is 0.462. The quantitative estimate of drug-likeness (QED) is 0.873. The third kappa shape index (κ3) is 2.71. The van der Waals surface area contributed by atoms with Crippen LogP contribution in [0.5, 0.6) is 0 Å². The number of rotatable bonds is 4. The number of fused-ring (bicyclic) bond motifs is 1. The largest absolute Gasteiger partial charge is 0.346 e. The van der Waals surface area contributed by atoms with Gasteiger partial charge in [0.25, 0.3) is 0 Å². The number of hydrogen-bond acceptors (Lipinski definition) is 3. The number of pyridine rings is 1. The molecule has 2 aromatic heterocycles. The van der Waals surface area contributed by atoms with E-state index in [1.54, 1.807) is 0 Å². The molecule has 5 nitrogen and oxygen atoms in total. The van der Waals surface area contributed by atoms with Gasteiger partial charge in [0.15, 0.2) is 11.5 Å². The third-order valence-electron chi connectivity index (χ3n) is 3.02. The Kier molecular flexibility index (Phi) is 3.75. The maximum Gasteiger partial charge on any atom is 0.227 e. The Morgan fingerprint density at radius 2 is 2.21 bits per heavy atom. The van der Waals surface area contributed by atoms with Crippen LogP contribution in [-0.4, -0.2) is 26.4 Å². The first-order valence-electron chi connectivity index (χ1n) is 6.12. The predicted octanol–water partition coefficient (Wildman–Crippen LogP) is 2.17. The van der Waals surface area contributed by atoms with Crippen LogP contribution in [0.4, 0.5) is 0 Å². The molecule has 0 aromatic carbocycles. The van der Waals surface area contributed by atoms with Gasteiger partial charge in [0.2, 0.25) is 5.91 Å². The van der Waals surface area contributed by atoms with Crippen LogP contribution in [-0.2, 0) is 4.79 Å². The van der Waals surface area contributed by atoms with Crippen molar-refractivity contribution in [1.82, 2.24) is 19.9 Å². The molecule has 0 spiro atoms. The van der Waals surface area contributed by atoms with E-state index in [2.05, 4.69) is 15.5 Å². The van der Waals surface area contributed by atoms with Crippen LogP contribution < -0.4 is 5.32 Å². The van der Waals surface area contributed by atoms with Crippen molar-refractivity contribution in [2.45, 2.75) is 26.8 Å². The summed E-state index contributed by atoms with van der Waals surface area (Å²) >= 11 is 5.80. The molecule has 0 radical (unpaired) electrons. The average molecular weight is 281 g/mol. The SMILES string of the molecule is CC(NC(=O)C(C)(C)CCl)c1nnc2ccccn12. The predicted molar refractivity (Wildman–Crippen MR) is 74.0 cm³/mol. The second kappa shape index (κ2) is 5.17. The highest BCUT2D eigenvalue weighted by molar-refractivity contribution is 6.19. The number of alkyl halides is 1. The van der Waals surface area contributed by atoms with Gasteiger partial charge in [0.1, 0.15) is 0 Å². The summed E-state index contributed by atoms with van der Waals surface area (Å²) < 4.78 is 1.86. The number of nitrogens with zero attached hydrogens (tertiary/aromatic N) is 3. The highest BCUT2D eigenvalue weighted by Gasteiger charge is 2.28. The minimum Gasteiger partial charge on any atom is -0.346 e. The molecule has 2 heterocycles. The maximum atomic E-state index is 12.1. The highest BCUT2D eigenvalue weighted by atomic mass is 35.5. The lowest BCUT2D eigenvalue weighted by molar-refractivity contribution is -0.129. The molecule has 102 valence electrons. The number of carbonyl (C=O) groups is 1. The highest BCUT2D eigenvalue weighted by Crippen LogP contribution is 2.19. The molecule has 0 fully saturated rings. The lowest BCUT2D eigenvalue weighted by atomic mass is 9.95. The molecule has 0 aliphatic carbocycles. The van der Waals surface area contributed by atoms with Crippen molar-refractivity contribution in [3.8, 4) is 0 Å². The monoisotopic (exact) mass is 280 g/mol. The van der Waals surface area contributed by atoms with E-state index in [-0.39, 0.29) is 17.8 Å². The summed E-state index contributed by atoms with van der Waals surface area (Å²) in [6, 6.07) is 5.44. The van der Waals surface area contributed by atoms with E-state index >= 15 is 0 Å². The third-order valence-corrected chi connectivity index (χ3v) is 3.69. The molecule has 0 saturated heterocycles. The smallest absolute Gasteiger partial charge is 0.227 e. The van der Waals surface area contributed by atoms with Gasteiger partial charge in [-0.05, 0) is 32.9 Å². The molecule has 0 aliphatic rings. The molecule has 19 heavy (non-hydrogen) atoms. The van der Waals surface area contributed by atoms with E-state index in [9.17, 15) is 4.79 Å². The van der Waals surface area contributed by atoms with Gasteiger partial charge in [-0.3, -0.25) is 9.20 Å². The van der Waals surface area contributed by atoms with Gasteiger partial charge in [-0.25, -0.2) is 0 Å². The van der Waals surface area contributed by atoms with Crippen molar-refractivity contribution >= 4 is 23.2 Å². The van der Waals surface area contributed by atoms with Gasteiger partial charge in [0, 0.05) is 12.1 Å². The van der Waals surface area contributed by atoms with Gasteiger partial charge in [-0.15, -0.1) is 21.8 Å². The molecular weight excluding hydrogens is 264 g/mol. The Balaban J connectivity index is 2.21. The van der Waals surface area contributed by atoms with Crippen molar-refractivity contribution in [2.24, 2.45) is 5.41 Å². The fourth-order valence-electron chi connectivity index (χ4n) is 1.67. The Morgan fingerprint density at radius 1 is 1.47 bits per heavy atom. The molecule has 6 heteroatoms. The van der Waals surface area contributed by atoms with Gasteiger partial charge in [-0.1, -0.05) is 6.07 Å². The minimum absolute atomic E-state index is 0.0947. The first kappa shape index (κ1) is 13.8. The number of aromatic nitrogens is 3. The minimum atomic E-state index is -0.601. The first-order chi connectivity index (χ1) is 8.95. The molecule has 1 amide bonds. The van der Waals surface area contributed by atoms with Crippen molar-refractivity contribution < 1.29 is 4.79 Å². The van der Waals surface area contributed by atoms with Crippen LogP contribution in [0.2, 0.25) is 0 Å². The van der Waals surface area contributed by atoms with Gasteiger partial charge >= 0.3 is 0 Å². The molecule has 0 bridgehead atoms. The standard InChI is InChI=1S/C13H17ClN4O/c1-9(15-12(19)13(2,3)8-14)11-17-16-10-6-4-5-7-18(10)11/h4-7,9H,8H2,1-3H3,(H,15,19). The van der Waals surface area contributed by atoms with Crippen LogP contribution in [0.15, 0.2) is 24.4 Å². The van der Waals surface area contributed by atoms with E-state index in [0.717, 1.165) is 5.65 Å². The molecule has 2 aromatic rings. The average Bonchev–Trinajstić information content (AvgIpc) is 2.82. The van der Waals surface area contributed by atoms with Crippen LogP contribution in [0.25, 0.3) is 5.65 Å². The Hall–Kier alpha value is -1.62. The normalized spacial score (nSPS) is 13.5. The van der Waals surface area contributed by atoms with Gasteiger partial charge in [-0.2, -0.15) is 0 Å². The van der Waals surface area contributed by atoms with Crippen LogP contribution in [0.1, 0.15) is 32.6 Å². The van der Waals surface area contributed by atoms with Crippen molar-refractivity contribution in [2.75, 3.05) is 5.88 Å².